The number of rotatable bonds is 1. The molecule has 20 heavy (non-hydrogen) atoms. The van der Waals surface area contributed by atoms with Crippen molar-refractivity contribution in [2.45, 2.75) is 0 Å². The maximum Gasteiger partial charge on any atom is 0.347 e. The molecule has 0 saturated carbocycles. The van der Waals surface area contributed by atoms with Crippen LogP contribution in [0.25, 0.3) is 11.2 Å². The summed E-state index contributed by atoms with van der Waals surface area (Å²) >= 11 is 4.98. The summed E-state index contributed by atoms with van der Waals surface area (Å²) < 4.78 is 15.4. The van der Waals surface area contributed by atoms with Gasteiger partial charge in [0.25, 0.3) is 5.56 Å². The van der Waals surface area contributed by atoms with Crippen LogP contribution in [-0.4, -0.2) is 29.3 Å². The third-order valence-corrected chi connectivity index (χ3v) is 2.82. The fourth-order valence-electron chi connectivity index (χ4n) is 1.69. The van der Waals surface area contributed by atoms with Crippen LogP contribution in [0.15, 0.2) is 22.1 Å². The van der Waals surface area contributed by atoms with Gasteiger partial charge in [0.2, 0.25) is 11.8 Å². The largest absolute Gasteiger partial charge is 0.369 e. The van der Waals surface area contributed by atoms with E-state index in [1.165, 1.54) is 6.33 Å². The number of imidazole rings is 1. The van der Waals surface area contributed by atoms with Gasteiger partial charge < -0.3 is 10.7 Å². The molecule has 0 radical (unpaired) electrons. The molecule has 3 aromatic rings. The average molecular weight is 295 g/mol. The van der Waals surface area contributed by atoms with E-state index >= 15 is 0 Å². The summed E-state index contributed by atoms with van der Waals surface area (Å²) in [5.74, 6) is -1.10. The number of nitrogens with one attached hydrogen (secondary N) is 2. The summed E-state index contributed by atoms with van der Waals surface area (Å²) in [5.41, 5.74) is 4.11. The minimum absolute atomic E-state index is 0.0159. The van der Waals surface area contributed by atoms with Crippen LogP contribution in [0.3, 0.4) is 0 Å². The van der Waals surface area contributed by atoms with Gasteiger partial charge in [-0.2, -0.15) is 9.07 Å². The summed E-state index contributed by atoms with van der Waals surface area (Å²) in [4.78, 5) is 35.0. The lowest BCUT2D eigenvalue weighted by molar-refractivity contribution is 0.537. The Hall–Kier alpha value is -2.82. The van der Waals surface area contributed by atoms with Crippen molar-refractivity contribution < 1.29 is 4.39 Å². The van der Waals surface area contributed by atoms with Gasteiger partial charge >= 0.3 is 5.69 Å². The quantitative estimate of drug-likeness (QED) is 0.513. The molecule has 3 rings (SSSR count). The topological polar surface area (TPSA) is 127 Å². The number of hydrogen-bond acceptors (Lipinski definition) is 6. The lowest BCUT2D eigenvalue weighted by atomic mass is 10.5. The fraction of sp³-hybridized carbons (Fsp3) is 0. The van der Waals surface area contributed by atoms with E-state index in [0.29, 0.717) is 0 Å². The smallest absolute Gasteiger partial charge is 0.347 e. The van der Waals surface area contributed by atoms with Crippen LogP contribution in [0.4, 0.5) is 10.3 Å². The maximum atomic E-state index is 13.3. The van der Waals surface area contributed by atoms with E-state index in [1.807, 2.05) is 4.98 Å². The maximum absolute atomic E-state index is 13.3. The molecule has 9 nitrogen and oxygen atoms in total. The second-order valence-corrected chi connectivity index (χ2v) is 4.18. The number of nitrogens with two attached hydrogens (primary N) is 1. The fourth-order valence-corrected chi connectivity index (χ4v) is 1.93. The van der Waals surface area contributed by atoms with Crippen molar-refractivity contribution in [3.8, 4) is 0 Å². The summed E-state index contributed by atoms with van der Waals surface area (Å²) in [6.07, 6.45) is 1.95. The normalized spacial score (nSPS) is 11.1. The van der Waals surface area contributed by atoms with Crippen LogP contribution < -0.4 is 17.0 Å². The third-order valence-electron chi connectivity index (χ3n) is 2.53. The molecule has 11 heteroatoms. The molecule has 0 aromatic carbocycles. The summed E-state index contributed by atoms with van der Waals surface area (Å²) in [5, 5.41) is 0. The Bertz CT molecular complexity index is 998. The molecule has 0 atom stereocenters. The van der Waals surface area contributed by atoms with Crippen molar-refractivity contribution in [3.63, 3.8) is 0 Å². The van der Waals surface area contributed by atoms with E-state index in [9.17, 15) is 14.0 Å². The van der Waals surface area contributed by atoms with E-state index in [2.05, 4.69) is 15.0 Å². The second kappa shape index (κ2) is 4.09. The molecular weight excluding hydrogens is 289 g/mol. The molecule has 0 fully saturated rings. The Morgan fingerprint density at radius 2 is 2.05 bits per heavy atom. The van der Waals surface area contributed by atoms with Crippen molar-refractivity contribution in [2.24, 2.45) is 0 Å². The van der Waals surface area contributed by atoms with Crippen molar-refractivity contribution in [1.82, 2.24) is 29.3 Å². The molecular formula is C9H6FN7O2S. The summed E-state index contributed by atoms with van der Waals surface area (Å²) in [7, 11) is 0. The van der Waals surface area contributed by atoms with Gasteiger partial charge in [0.15, 0.2) is 10.3 Å². The number of anilines is 1. The first-order chi connectivity index (χ1) is 9.47. The van der Waals surface area contributed by atoms with Gasteiger partial charge in [-0.1, -0.05) is 12.2 Å². The second-order valence-electron chi connectivity index (χ2n) is 3.79. The molecule has 0 saturated heterocycles. The van der Waals surface area contributed by atoms with Gasteiger partial charge in [0.05, 0.1) is 6.20 Å². The van der Waals surface area contributed by atoms with E-state index in [4.69, 9.17) is 18.0 Å². The predicted octanol–water partition coefficient (Wildman–Crippen LogP) is -0.628. The number of halogens is 1. The van der Waals surface area contributed by atoms with Crippen LogP contribution in [0, 0.1) is 10.5 Å². The van der Waals surface area contributed by atoms with E-state index in [1.54, 1.807) is 0 Å². The SMILES string of the molecule is Nc1nc(=S)c2ncn(-n3cc(F)c(=O)[nH]c3=O)c2[nH]1. The Labute approximate surface area is 113 Å². The van der Waals surface area contributed by atoms with Gasteiger partial charge in [0, 0.05) is 0 Å². The van der Waals surface area contributed by atoms with Crippen molar-refractivity contribution in [2.75, 3.05) is 5.73 Å². The van der Waals surface area contributed by atoms with Crippen LogP contribution in [0.1, 0.15) is 0 Å². The third kappa shape index (κ3) is 1.72. The predicted molar refractivity (Wildman–Crippen MR) is 69.2 cm³/mol. The number of fused-ring (bicyclic) bond motifs is 1. The summed E-state index contributed by atoms with van der Waals surface area (Å²) in [6.45, 7) is 0. The number of nitrogens with zero attached hydrogens (tertiary/aromatic N) is 4. The van der Waals surface area contributed by atoms with E-state index in [-0.39, 0.29) is 21.8 Å². The Kier molecular flexibility index (Phi) is 2.50. The van der Waals surface area contributed by atoms with Crippen LogP contribution in [0.2, 0.25) is 0 Å². The summed E-state index contributed by atoms with van der Waals surface area (Å²) in [6, 6.07) is 0. The Morgan fingerprint density at radius 3 is 2.80 bits per heavy atom. The number of nitrogen functional groups attached to an aromatic ring is 1. The van der Waals surface area contributed by atoms with Crippen LogP contribution >= 0.6 is 12.2 Å². The van der Waals surface area contributed by atoms with Crippen molar-refractivity contribution in [1.29, 1.82) is 0 Å². The zero-order valence-electron chi connectivity index (χ0n) is 9.62. The molecule has 3 heterocycles. The highest BCUT2D eigenvalue weighted by atomic mass is 32.1. The molecule has 3 aromatic heterocycles. The van der Waals surface area contributed by atoms with Gasteiger partial charge in [-0.05, 0) is 0 Å². The zero-order valence-corrected chi connectivity index (χ0v) is 10.4. The minimum Gasteiger partial charge on any atom is -0.369 e. The molecule has 4 N–H and O–H groups in total. The average Bonchev–Trinajstić information content (AvgIpc) is 2.77. The number of aromatic amines is 2. The van der Waals surface area contributed by atoms with Gasteiger partial charge in [0.1, 0.15) is 11.8 Å². The first kappa shape index (κ1) is 12.2. The van der Waals surface area contributed by atoms with Crippen LogP contribution in [0.5, 0.6) is 0 Å². The lowest BCUT2D eigenvalue weighted by Gasteiger charge is -2.06. The minimum atomic E-state index is -1.12. The first-order valence-electron chi connectivity index (χ1n) is 5.22. The molecule has 0 unspecified atom stereocenters. The molecule has 0 amide bonds. The highest BCUT2D eigenvalue weighted by Gasteiger charge is 2.11. The molecule has 0 aliphatic rings. The standard InChI is InChI=1S/C9H6FN7O2S/c10-3-1-16(9(19)14-6(3)18)17-2-12-4-5(17)13-8(11)15-7(4)20/h1-2H,(H,14,18,19)(H3,11,13,15,20). The number of hydrogen-bond donors (Lipinski definition) is 3. The Balaban J connectivity index is 2.42. The van der Waals surface area contributed by atoms with Gasteiger partial charge in [-0.3, -0.25) is 9.78 Å². The highest BCUT2D eigenvalue weighted by molar-refractivity contribution is 7.71. The zero-order chi connectivity index (χ0) is 14.4. The highest BCUT2D eigenvalue weighted by Crippen LogP contribution is 2.11. The molecule has 0 bridgehead atoms. The van der Waals surface area contributed by atoms with Crippen molar-refractivity contribution in [3.05, 3.63) is 43.8 Å². The lowest BCUT2D eigenvalue weighted by Crippen LogP contribution is -2.34. The number of aromatic nitrogens is 6. The molecule has 0 aliphatic carbocycles. The monoisotopic (exact) mass is 295 g/mol. The van der Waals surface area contributed by atoms with E-state index < -0.39 is 17.1 Å². The molecule has 0 spiro atoms. The molecule has 102 valence electrons. The van der Waals surface area contributed by atoms with E-state index in [0.717, 1.165) is 15.5 Å². The number of H-pyrrole nitrogens is 2. The van der Waals surface area contributed by atoms with Crippen molar-refractivity contribution >= 4 is 29.3 Å². The van der Waals surface area contributed by atoms with Crippen LogP contribution in [-0.2, 0) is 0 Å². The van der Waals surface area contributed by atoms with Gasteiger partial charge in [-0.25, -0.2) is 19.4 Å². The van der Waals surface area contributed by atoms with Gasteiger partial charge in [-0.15, -0.1) is 0 Å². The first-order valence-corrected chi connectivity index (χ1v) is 5.63. The Morgan fingerprint density at radius 1 is 1.30 bits per heavy atom. The molecule has 0 aliphatic heterocycles.